The molecule has 1 aliphatic rings. The number of hydrogen-bond acceptors (Lipinski definition) is 4. The van der Waals surface area contributed by atoms with Gasteiger partial charge in [0.25, 0.3) is 5.91 Å². The van der Waals surface area contributed by atoms with Gasteiger partial charge in [-0.1, -0.05) is 24.3 Å². The van der Waals surface area contributed by atoms with E-state index in [1.807, 2.05) is 65.7 Å². The summed E-state index contributed by atoms with van der Waals surface area (Å²) in [6, 6.07) is 17.7. The number of anilines is 2. The second kappa shape index (κ2) is 8.05. The summed E-state index contributed by atoms with van der Waals surface area (Å²) < 4.78 is 0. The average Bonchev–Trinajstić information content (AvgIpc) is 3.22. The van der Waals surface area contributed by atoms with E-state index in [1.54, 1.807) is 6.20 Å². The normalized spacial score (nSPS) is 14.9. The van der Waals surface area contributed by atoms with Gasteiger partial charge >= 0.3 is 0 Å². The van der Waals surface area contributed by atoms with Crippen molar-refractivity contribution in [3.63, 3.8) is 0 Å². The molecule has 0 bridgehead atoms. The summed E-state index contributed by atoms with van der Waals surface area (Å²) in [4.78, 5) is 24.5. The first-order valence-electron chi connectivity index (χ1n) is 9.20. The molecule has 1 fully saturated rings. The molecule has 6 heteroatoms. The Morgan fingerprint density at radius 1 is 1.00 bits per heavy atom. The molecule has 1 amide bonds. The molecule has 2 heterocycles. The molecular formula is C21H23N5O. The molecule has 1 saturated heterocycles. The highest BCUT2D eigenvalue weighted by Gasteiger charge is 2.22. The van der Waals surface area contributed by atoms with Gasteiger partial charge in [0.2, 0.25) is 0 Å². The Morgan fingerprint density at radius 3 is 2.52 bits per heavy atom. The molecule has 2 aromatic carbocycles. The van der Waals surface area contributed by atoms with Gasteiger partial charge in [0.15, 0.2) is 0 Å². The van der Waals surface area contributed by atoms with Crippen molar-refractivity contribution in [2.24, 2.45) is 0 Å². The predicted octanol–water partition coefficient (Wildman–Crippen LogP) is 3.11. The third-order valence-corrected chi connectivity index (χ3v) is 4.76. The summed E-state index contributed by atoms with van der Waals surface area (Å²) in [6.07, 6.45) is 3.61. The highest BCUT2D eigenvalue weighted by molar-refractivity contribution is 5.95. The molecule has 2 N–H and O–H groups in total. The maximum Gasteiger partial charge on any atom is 0.254 e. The zero-order chi connectivity index (χ0) is 18.5. The molecule has 3 aromatic rings. The molecule has 0 unspecified atom stereocenters. The molecule has 27 heavy (non-hydrogen) atoms. The standard InChI is InChI=1S/C21H23N5O/c27-21(26-13-11-25(12-14-26)16-20-22-9-10-23-20)17-5-4-8-19(15-17)24-18-6-2-1-3-7-18/h1-10,15,24H,11-14,16H2,(H,22,23). The molecule has 1 aliphatic heterocycles. The lowest BCUT2D eigenvalue weighted by molar-refractivity contribution is 0.0626. The smallest absolute Gasteiger partial charge is 0.254 e. The molecule has 4 rings (SSSR count). The maximum atomic E-state index is 12.9. The van der Waals surface area contributed by atoms with Crippen LogP contribution in [0.25, 0.3) is 0 Å². The summed E-state index contributed by atoms with van der Waals surface area (Å²) in [5, 5.41) is 3.34. The van der Waals surface area contributed by atoms with Crippen LogP contribution in [0.1, 0.15) is 16.2 Å². The first-order chi connectivity index (χ1) is 13.3. The number of benzene rings is 2. The number of aromatic amines is 1. The highest BCUT2D eigenvalue weighted by Crippen LogP contribution is 2.19. The predicted molar refractivity (Wildman–Crippen MR) is 106 cm³/mol. The number of rotatable bonds is 5. The number of aromatic nitrogens is 2. The molecule has 0 saturated carbocycles. The SMILES string of the molecule is O=C(c1cccc(Nc2ccccc2)c1)N1CCN(Cc2ncc[nH]2)CC1. The molecule has 0 radical (unpaired) electrons. The number of carbonyl (C=O) groups excluding carboxylic acids is 1. The highest BCUT2D eigenvalue weighted by atomic mass is 16.2. The first kappa shape index (κ1) is 17.3. The number of amides is 1. The summed E-state index contributed by atoms with van der Waals surface area (Å²) in [5.74, 6) is 1.05. The van der Waals surface area contributed by atoms with Gasteiger partial charge in [-0.3, -0.25) is 9.69 Å². The molecule has 0 atom stereocenters. The Bertz CT molecular complexity index is 871. The Kier molecular flexibility index (Phi) is 5.16. The number of para-hydroxylation sites is 1. The molecule has 0 aliphatic carbocycles. The van der Waals surface area contributed by atoms with E-state index in [4.69, 9.17) is 0 Å². The van der Waals surface area contributed by atoms with E-state index in [0.29, 0.717) is 0 Å². The summed E-state index contributed by atoms with van der Waals surface area (Å²) in [6.45, 7) is 3.97. The van der Waals surface area contributed by atoms with Crippen molar-refractivity contribution in [1.82, 2.24) is 19.8 Å². The third-order valence-electron chi connectivity index (χ3n) is 4.76. The number of carbonyl (C=O) groups is 1. The van der Waals surface area contributed by atoms with Gasteiger partial charge in [0.1, 0.15) is 5.82 Å². The van der Waals surface area contributed by atoms with Gasteiger partial charge in [0, 0.05) is 55.5 Å². The maximum absolute atomic E-state index is 12.9. The Hall–Kier alpha value is -3.12. The number of piperazine rings is 1. The summed E-state index contributed by atoms with van der Waals surface area (Å²) in [7, 11) is 0. The Morgan fingerprint density at radius 2 is 1.78 bits per heavy atom. The third kappa shape index (κ3) is 4.35. The van der Waals surface area contributed by atoms with Crippen LogP contribution in [0.5, 0.6) is 0 Å². The fourth-order valence-corrected chi connectivity index (χ4v) is 3.31. The van der Waals surface area contributed by atoms with Crippen LogP contribution in [0.3, 0.4) is 0 Å². The monoisotopic (exact) mass is 361 g/mol. The van der Waals surface area contributed by atoms with Crippen LogP contribution in [-0.2, 0) is 6.54 Å². The average molecular weight is 361 g/mol. The van der Waals surface area contributed by atoms with Crippen molar-refractivity contribution in [3.8, 4) is 0 Å². The second-order valence-corrected chi connectivity index (χ2v) is 6.68. The van der Waals surface area contributed by atoms with E-state index < -0.39 is 0 Å². The lowest BCUT2D eigenvalue weighted by atomic mass is 10.1. The largest absolute Gasteiger partial charge is 0.356 e. The number of nitrogens with zero attached hydrogens (tertiary/aromatic N) is 3. The van der Waals surface area contributed by atoms with Crippen LogP contribution in [0, 0.1) is 0 Å². The van der Waals surface area contributed by atoms with Crippen LogP contribution < -0.4 is 5.32 Å². The van der Waals surface area contributed by atoms with E-state index in [2.05, 4.69) is 20.2 Å². The van der Waals surface area contributed by atoms with Crippen molar-refractivity contribution in [1.29, 1.82) is 0 Å². The van der Waals surface area contributed by atoms with Gasteiger partial charge in [-0.15, -0.1) is 0 Å². The van der Waals surface area contributed by atoms with Crippen LogP contribution in [0.15, 0.2) is 67.0 Å². The molecule has 138 valence electrons. The molecule has 1 aromatic heterocycles. The fourth-order valence-electron chi connectivity index (χ4n) is 3.31. The van der Waals surface area contributed by atoms with E-state index in [0.717, 1.165) is 55.5 Å². The lowest BCUT2D eigenvalue weighted by Gasteiger charge is -2.34. The minimum atomic E-state index is 0.0874. The van der Waals surface area contributed by atoms with Crippen LogP contribution in [0.2, 0.25) is 0 Å². The zero-order valence-electron chi connectivity index (χ0n) is 15.1. The van der Waals surface area contributed by atoms with Gasteiger partial charge in [-0.25, -0.2) is 4.98 Å². The van der Waals surface area contributed by atoms with Crippen molar-refractivity contribution >= 4 is 17.3 Å². The molecular weight excluding hydrogens is 338 g/mol. The van der Waals surface area contributed by atoms with Gasteiger partial charge in [-0.2, -0.15) is 0 Å². The molecule has 0 spiro atoms. The molecule has 6 nitrogen and oxygen atoms in total. The second-order valence-electron chi connectivity index (χ2n) is 6.68. The number of imidazole rings is 1. The van der Waals surface area contributed by atoms with Gasteiger partial charge in [0.05, 0.1) is 6.54 Å². The minimum absolute atomic E-state index is 0.0874. The number of H-pyrrole nitrogens is 1. The summed E-state index contributed by atoms with van der Waals surface area (Å²) in [5.41, 5.74) is 2.65. The Balaban J connectivity index is 1.36. The zero-order valence-corrected chi connectivity index (χ0v) is 15.1. The van der Waals surface area contributed by atoms with Crippen molar-refractivity contribution in [2.45, 2.75) is 6.54 Å². The number of nitrogens with one attached hydrogen (secondary N) is 2. The quantitative estimate of drug-likeness (QED) is 0.733. The van der Waals surface area contributed by atoms with E-state index >= 15 is 0 Å². The minimum Gasteiger partial charge on any atom is -0.356 e. The van der Waals surface area contributed by atoms with E-state index in [-0.39, 0.29) is 5.91 Å². The lowest BCUT2D eigenvalue weighted by Crippen LogP contribution is -2.48. The van der Waals surface area contributed by atoms with Crippen LogP contribution in [-0.4, -0.2) is 51.9 Å². The van der Waals surface area contributed by atoms with Gasteiger partial charge < -0.3 is 15.2 Å². The summed E-state index contributed by atoms with van der Waals surface area (Å²) >= 11 is 0. The first-order valence-corrected chi connectivity index (χ1v) is 9.20. The van der Waals surface area contributed by atoms with E-state index in [9.17, 15) is 4.79 Å². The Labute approximate surface area is 158 Å². The van der Waals surface area contributed by atoms with Crippen LogP contribution >= 0.6 is 0 Å². The fraction of sp³-hybridized carbons (Fsp3) is 0.238. The van der Waals surface area contributed by atoms with Crippen molar-refractivity contribution in [3.05, 3.63) is 78.4 Å². The van der Waals surface area contributed by atoms with E-state index in [1.165, 1.54) is 0 Å². The van der Waals surface area contributed by atoms with Crippen LogP contribution in [0.4, 0.5) is 11.4 Å². The number of hydrogen-bond donors (Lipinski definition) is 2. The van der Waals surface area contributed by atoms with Crippen molar-refractivity contribution < 1.29 is 4.79 Å². The van der Waals surface area contributed by atoms with Gasteiger partial charge in [-0.05, 0) is 30.3 Å². The van der Waals surface area contributed by atoms with Crippen molar-refractivity contribution in [2.75, 3.05) is 31.5 Å². The topological polar surface area (TPSA) is 64.3 Å².